The molecule has 0 saturated heterocycles. The number of rotatable bonds is 4. The summed E-state index contributed by atoms with van der Waals surface area (Å²) in [6, 6.07) is 27.3. The van der Waals surface area contributed by atoms with Gasteiger partial charge in [-0.25, -0.2) is 13.9 Å². The maximum atomic E-state index is 13.4. The number of benzene rings is 3. The van der Waals surface area contributed by atoms with Gasteiger partial charge in [-0.15, -0.1) is 0 Å². The van der Waals surface area contributed by atoms with Crippen molar-refractivity contribution in [1.29, 1.82) is 0 Å². The zero-order valence-corrected chi connectivity index (χ0v) is 16.6. The van der Waals surface area contributed by atoms with Crippen LogP contribution in [-0.4, -0.2) is 14.6 Å². The van der Waals surface area contributed by atoms with Gasteiger partial charge >= 0.3 is 0 Å². The number of aromatic nitrogens is 3. The van der Waals surface area contributed by atoms with E-state index in [-0.39, 0.29) is 5.82 Å². The zero-order valence-electron chi connectivity index (χ0n) is 16.6. The highest BCUT2D eigenvalue weighted by Gasteiger charge is 2.17. The van der Waals surface area contributed by atoms with Crippen molar-refractivity contribution in [3.63, 3.8) is 0 Å². The van der Waals surface area contributed by atoms with Gasteiger partial charge in [0, 0.05) is 17.3 Å². The van der Waals surface area contributed by atoms with Gasteiger partial charge in [-0.05, 0) is 41.3 Å². The van der Waals surface area contributed by atoms with Gasteiger partial charge in [0.15, 0.2) is 5.65 Å². The highest BCUT2D eigenvalue weighted by Crippen LogP contribution is 2.31. The standard InChI is InChI=1S/C26H20FN3/c1-2-23-25(21-12-14-22(27)15-13-21)26-28-17-16-24(30(26)29-23)20-10-8-19(9-11-20)18-6-4-3-5-7-18/h3-17H,2H2,1H3. The van der Waals surface area contributed by atoms with Crippen molar-refractivity contribution in [2.45, 2.75) is 13.3 Å². The van der Waals surface area contributed by atoms with Crippen LogP contribution in [0.5, 0.6) is 0 Å². The van der Waals surface area contributed by atoms with Gasteiger partial charge in [0.1, 0.15) is 5.82 Å². The molecule has 0 aliphatic heterocycles. The summed E-state index contributed by atoms with van der Waals surface area (Å²) in [5, 5.41) is 4.85. The van der Waals surface area contributed by atoms with Gasteiger partial charge in [0.05, 0.1) is 11.4 Å². The second-order valence-electron chi connectivity index (χ2n) is 7.19. The first-order valence-corrected chi connectivity index (χ1v) is 10.0. The van der Waals surface area contributed by atoms with Crippen molar-refractivity contribution < 1.29 is 4.39 Å². The molecule has 0 saturated carbocycles. The molecule has 0 N–H and O–H groups in total. The lowest BCUT2D eigenvalue weighted by Gasteiger charge is -2.07. The fraction of sp³-hybridized carbons (Fsp3) is 0.0769. The van der Waals surface area contributed by atoms with Gasteiger partial charge in [-0.1, -0.05) is 73.7 Å². The van der Waals surface area contributed by atoms with Crippen LogP contribution in [0.2, 0.25) is 0 Å². The number of hydrogen-bond acceptors (Lipinski definition) is 2. The molecule has 0 spiro atoms. The van der Waals surface area contributed by atoms with Crippen LogP contribution in [0, 0.1) is 5.82 Å². The average Bonchev–Trinajstić information content (AvgIpc) is 3.19. The summed E-state index contributed by atoms with van der Waals surface area (Å²) < 4.78 is 15.3. The van der Waals surface area contributed by atoms with E-state index in [9.17, 15) is 4.39 Å². The van der Waals surface area contributed by atoms with E-state index in [2.05, 4.69) is 48.3 Å². The van der Waals surface area contributed by atoms with E-state index in [1.807, 2.05) is 35.0 Å². The molecule has 0 bridgehead atoms. The van der Waals surface area contributed by atoms with E-state index in [0.29, 0.717) is 0 Å². The molecule has 2 heterocycles. The average molecular weight is 393 g/mol. The van der Waals surface area contributed by atoms with Crippen molar-refractivity contribution in [3.8, 4) is 33.5 Å². The summed E-state index contributed by atoms with van der Waals surface area (Å²) in [5.74, 6) is -0.250. The van der Waals surface area contributed by atoms with Crippen LogP contribution >= 0.6 is 0 Å². The Morgan fingerprint density at radius 1 is 0.733 bits per heavy atom. The summed E-state index contributed by atoms with van der Waals surface area (Å²) in [6.07, 6.45) is 2.58. The third-order valence-corrected chi connectivity index (χ3v) is 5.35. The highest BCUT2D eigenvalue weighted by molar-refractivity contribution is 5.82. The van der Waals surface area contributed by atoms with Crippen LogP contribution < -0.4 is 0 Å². The Morgan fingerprint density at radius 3 is 2.07 bits per heavy atom. The Kier molecular flexibility index (Phi) is 4.60. The minimum atomic E-state index is -0.250. The second kappa shape index (κ2) is 7.56. The lowest BCUT2D eigenvalue weighted by atomic mass is 10.0. The molecule has 3 aromatic carbocycles. The molecule has 0 aliphatic rings. The van der Waals surface area contributed by atoms with Crippen molar-refractivity contribution in [2.75, 3.05) is 0 Å². The van der Waals surface area contributed by atoms with Crippen LogP contribution in [0.15, 0.2) is 91.1 Å². The molecule has 0 unspecified atom stereocenters. The van der Waals surface area contributed by atoms with Crippen LogP contribution in [-0.2, 0) is 6.42 Å². The maximum absolute atomic E-state index is 13.4. The van der Waals surface area contributed by atoms with Gasteiger partial charge in [0.25, 0.3) is 0 Å². The fourth-order valence-electron chi connectivity index (χ4n) is 3.83. The molecule has 0 fully saturated rings. The Morgan fingerprint density at radius 2 is 1.37 bits per heavy atom. The molecule has 146 valence electrons. The summed E-state index contributed by atoms with van der Waals surface area (Å²) in [4.78, 5) is 4.61. The topological polar surface area (TPSA) is 30.2 Å². The first kappa shape index (κ1) is 18.3. The van der Waals surface area contributed by atoms with Gasteiger partial charge in [0.2, 0.25) is 0 Å². The minimum absolute atomic E-state index is 0.250. The van der Waals surface area contributed by atoms with E-state index >= 15 is 0 Å². The van der Waals surface area contributed by atoms with E-state index in [0.717, 1.165) is 40.1 Å². The van der Waals surface area contributed by atoms with E-state index in [4.69, 9.17) is 5.10 Å². The molecular formula is C26H20FN3. The number of nitrogens with zero attached hydrogens (tertiary/aromatic N) is 3. The lowest BCUT2D eigenvalue weighted by molar-refractivity contribution is 0.628. The molecule has 0 aliphatic carbocycles. The molecular weight excluding hydrogens is 373 g/mol. The summed E-state index contributed by atoms with van der Waals surface area (Å²) in [5.41, 5.74) is 8.01. The summed E-state index contributed by atoms with van der Waals surface area (Å²) in [7, 11) is 0. The number of aryl methyl sites for hydroxylation is 1. The van der Waals surface area contributed by atoms with Gasteiger partial charge in [-0.2, -0.15) is 5.10 Å². The van der Waals surface area contributed by atoms with Crippen molar-refractivity contribution >= 4 is 5.65 Å². The van der Waals surface area contributed by atoms with E-state index < -0.39 is 0 Å². The molecule has 30 heavy (non-hydrogen) atoms. The number of fused-ring (bicyclic) bond motifs is 1. The predicted octanol–water partition coefficient (Wildman–Crippen LogP) is 6.43. The smallest absolute Gasteiger partial charge is 0.163 e. The zero-order chi connectivity index (χ0) is 20.5. The third kappa shape index (κ3) is 3.16. The fourth-order valence-corrected chi connectivity index (χ4v) is 3.83. The Hall–Kier alpha value is -3.79. The van der Waals surface area contributed by atoms with E-state index in [1.54, 1.807) is 12.1 Å². The summed E-state index contributed by atoms with van der Waals surface area (Å²) in [6.45, 7) is 2.07. The van der Waals surface area contributed by atoms with Crippen LogP contribution in [0.25, 0.3) is 39.2 Å². The minimum Gasteiger partial charge on any atom is -0.236 e. The van der Waals surface area contributed by atoms with Crippen molar-refractivity contribution in [2.24, 2.45) is 0 Å². The quantitative estimate of drug-likeness (QED) is 0.352. The molecule has 0 atom stereocenters. The normalized spacial score (nSPS) is 11.1. The monoisotopic (exact) mass is 393 g/mol. The number of hydrogen-bond donors (Lipinski definition) is 0. The third-order valence-electron chi connectivity index (χ3n) is 5.35. The summed E-state index contributed by atoms with van der Waals surface area (Å²) >= 11 is 0. The highest BCUT2D eigenvalue weighted by atomic mass is 19.1. The first-order valence-electron chi connectivity index (χ1n) is 10.0. The Labute approximate surface area is 174 Å². The van der Waals surface area contributed by atoms with Crippen LogP contribution in [0.3, 0.4) is 0 Å². The van der Waals surface area contributed by atoms with Gasteiger partial charge in [-0.3, -0.25) is 0 Å². The van der Waals surface area contributed by atoms with Crippen molar-refractivity contribution in [3.05, 3.63) is 103 Å². The lowest BCUT2D eigenvalue weighted by Crippen LogP contribution is -1.96. The maximum Gasteiger partial charge on any atom is 0.163 e. The molecule has 2 aromatic heterocycles. The van der Waals surface area contributed by atoms with Crippen LogP contribution in [0.4, 0.5) is 4.39 Å². The molecule has 3 nitrogen and oxygen atoms in total. The Balaban J connectivity index is 1.63. The predicted molar refractivity (Wildman–Crippen MR) is 119 cm³/mol. The number of halogens is 1. The first-order chi connectivity index (χ1) is 14.7. The SMILES string of the molecule is CCc1nn2c(-c3ccc(-c4ccccc4)cc3)ccnc2c1-c1ccc(F)cc1. The molecule has 4 heteroatoms. The molecule has 5 rings (SSSR count). The molecule has 0 amide bonds. The van der Waals surface area contributed by atoms with Crippen molar-refractivity contribution in [1.82, 2.24) is 14.6 Å². The molecule has 0 radical (unpaired) electrons. The van der Waals surface area contributed by atoms with Gasteiger partial charge < -0.3 is 0 Å². The molecule has 5 aromatic rings. The Bertz CT molecular complexity index is 1300. The van der Waals surface area contributed by atoms with Crippen LogP contribution in [0.1, 0.15) is 12.6 Å². The van der Waals surface area contributed by atoms with E-state index in [1.165, 1.54) is 23.3 Å². The largest absolute Gasteiger partial charge is 0.236 e. The second-order valence-corrected chi connectivity index (χ2v) is 7.19.